The average Bonchev–Trinajstić information content (AvgIpc) is 3.14. The van der Waals surface area contributed by atoms with Crippen molar-refractivity contribution >= 4 is 17.6 Å². The maximum absolute atomic E-state index is 9.24. The summed E-state index contributed by atoms with van der Waals surface area (Å²) < 4.78 is 7.44. The normalized spacial score (nSPS) is 12.3. The van der Waals surface area contributed by atoms with Gasteiger partial charge in [0.1, 0.15) is 11.5 Å². The number of rotatable bonds is 4. The SMILES string of the molecule is Cc1csc(=NN=Cc2ccc(O)cc2)n1Cc1ccco1. The van der Waals surface area contributed by atoms with E-state index in [4.69, 9.17) is 4.42 Å². The Morgan fingerprint density at radius 1 is 1.27 bits per heavy atom. The summed E-state index contributed by atoms with van der Waals surface area (Å²) in [7, 11) is 0. The second kappa shape index (κ2) is 6.44. The summed E-state index contributed by atoms with van der Waals surface area (Å²) in [6.07, 6.45) is 3.32. The molecule has 3 aromatic rings. The molecule has 0 fully saturated rings. The summed E-state index contributed by atoms with van der Waals surface area (Å²) in [5, 5.41) is 19.7. The Labute approximate surface area is 131 Å². The summed E-state index contributed by atoms with van der Waals surface area (Å²) in [6, 6.07) is 10.6. The van der Waals surface area contributed by atoms with Gasteiger partial charge in [-0.15, -0.1) is 16.4 Å². The molecule has 5 nitrogen and oxygen atoms in total. The predicted molar refractivity (Wildman–Crippen MR) is 86.1 cm³/mol. The fraction of sp³-hybridized carbons (Fsp3) is 0.125. The van der Waals surface area contributed by atoms with Gasteiger partial charge in [-0.05, 0) is 48.9 Å². The van der Waals surface area contributed by atoms with Gasteiger partial charge in [-0.3, -0.25) is 0 Å². The molecule has 0 aliphatic rings. The average molecular weight is 313 g/mol. The molecule has 0 aliphatic carbocycles. The number of thiazole rings is 1. The van der Waals surface area contributed by atoms with E-state index in [0.29, 0.717) is 6.54 Å². The molecule has 112 valence electrons. The first-order valence-electron chi connectivity index (χ1n) is 6.76. The van der Waals surface area contributed by atoms with Crippen LogP contribution >= 0.6 is 11.3 Å². The number of hydrogen-bond acceptors (Lipinski definition) is 5. The van der Waals surface area contributed by atoms with E-state index in [1.165, 1.54) is 11.3 Å². The number of nitrogens with zero attached hydrogens (tertiary/aromatic N) is 3. The molecular weight excluding hydrogens is 298 g/mol. The lowest BCUT2D eigenvalue weighted by Gasteiger charge is -2.02. The quantitative estimate of drug-likeness (QED) is 0.594. The highest BCUT2D eigenvalue weighted by molar-refractivity contribution is 7.07. The minimum atomic E-state index is 0.235. The number of aryl methyl sites for hydroxylation is 1. The van der Waals surface area contributed by atoms with Crippen LogP contribution in [0.5, 0.6) is 5.75 Å². The van der Waals surface area contributed by atoms with E-state index >= 15 is 0 Å². The van der Waals surface area contributed by atoms with Gasteiger partial charge < -0.3 is 14.1 Å². The third-order valence-electron chi connectivity index (χ3n) is 3.13. The van der Waals surface area contributed by atoms with Gasteiger partial charge in [0.25, 0.3) is 0 Å². The number of furan rings is 1. The zero-order valence-electron chi connectivity index (χ0n) is 12.0. The Morgan fingerprint density at radius 3 is 2.82 bits per heavy atom. The molecule has 0 radical (unpaired) electrons. The number of phenolic OH excluding ortho intramolecular Hbond substituents is 1. The summed E-state index contributed by atoms with van der Waals surface area (Å²) in [5.74, 6) is 1.12. The van der Waals surface area contributed by atoms with Crippen LogP contribution in [0.15, 0.2) is 62.7 Å². The number of aromatic nitrogens is 1. The van der Waals surface area contributed by atoms with E-state index in [2.05, 4.69) is 14.8 Å². The standard InChI is InChI=1S/C16H15N3O2S/c1-12-11-22-16(19(12)10-15-3-2-8-21-15)18-17-9-13-4-6-14(20)7-5-13/h2-9,11,20H,10H2,1H3. The Balaban J connectivity index is 1.83. The molecule has 1 N–H and O–H groups in total. The Hall–Kier alpha value is -2.60. The molecule has 0 atom stereocenters. The molecular formula is C16H15N3O2S. The van der Waals surface area contributed by atoms with Gasteiger partial charge in [-0.25, -0.2) is 0 Å². The third-order valence-corrected chi connectivity index (χ3v) is 4.10. The van der Waals surface area contributed by atoms with Crippen molar-refractivity contribution in [3.05, 3.63) is 69.9 Å². The van der Waals surface area contributed by atoms with Crippen molar-refractivity contribution in [2.75, 3.05) is 0 Å². The second-order valence-corrected chi connectivity index (χ2v) is 5.60. The van der Waals surface area contributed by atoms with Crippen molar-refractivity contribution in [3.8, 4) is 5.75 Å². The summed E-state index contributed by atoms with van der Waals surface area (Å²) >= 11 is 1.54. The van der Waals surface area contributed by atoms with Crippen molar-refractivity contribution in [2.45, 2.75) is 13.5 Å². The first-order chi connectivity index (χ1) is 10.7. The molecule has 22 heavy (non-hydrogen) atoms. The van der Waals surface area contributed by atoms with Gasteiger partial charge >= 0.3 is 0 Å². The number of phenols is 1. The first kappa shape index (κ1) is 14.3. The Bertz CT molecular complexity index is 827. The minimum absolute atomic E-state index is 0.235. The molecule has 0 saturated heterocycles. The zero-order valence-corrected chi connectivity index (χ0v) is 12.8. The van der Waals surface area contributed by atoms with Gasteiger partial charge in [-0.1, -0.05) is 0 Å². The van der Waals surface area contributed by atoms with E-state index in [1.54, 1.807) is 36.7 Å². The van der Waals surface area contributed by atoms with Crippen LogP contribution in [0.25, 0.3) is 0 Å². The van der Waals surface area contributed by atoms with Gasteiger partial charge in [0, 0.05) is 11.1 Å². The van der Waals surface area contributed by atoms with Crippen LogP contribution in [0.1, 0.15) is 17.0 Å². The van der Waals surface area contributed by atoms with Crippen molar-refractivity contribution in [3.63, 3.8) is 0 Å². The van der Waals surface area contributed by atoms with Crippen molar-refractivity contribution < 1.29 is 9.52 Å². The highest BCUT2D eigenvalue weighted by Gasteiger charge is 2.04. The van der Waals surface area contributed by atoms with E-state index in [-0.39, 0.29) is 5.75 Å². The lowest BCUT2D eigenvalue weighted by Crippen LogP contribution is -2.16. The number of aromatic hydroxyl groups is 1. The summed E-state index contributed by atoms with van der Waals surface area (Å²) in [4.78, 5) is 0.809. The summed E-state index contributed by atoms with van der Waals surface area (Å²) in [5.41, 5.74) is 1.99. The van der Waals surface area contributed by atoms with E-state index in [1.807, 2.05) is 24.4 Å². The van der Waals surface area contributed by atoms with Gasteiger partial charge in [-0.2, -0.15) is 5.10 Å². The van der Waals surface area contributed by atoms with Crippen molar-refractivity contribution in [1.82, 2.24) is 4.57 Å². The minimum Gasteiger partial charge on any atom is -0.508 e. The van der Waals surface area contributed by atoms with Crippen LogP contribution < -0.4 is 4.80 Å². The lowest BCUT2D eigenvalue weighted by atomic mass is 10.2. The predicted octanol–water partition coefficient (Wildman–Crippen LogP) is 3.14. The monoisotopic (exact) mass is 313 g/mol. The van der Waals surface area contributed by atoms with Crippen LogP contribution in [0, 0.1) is 6.92 Å². The first-order valence-corrected chi connectivity index (χ1v) is 7.64. The molecule has 2 heterocycles. The molecule has 1 aromatic carbocycles. The van der Waals surface area contributed by atoms with Gasteiger partial charge in [0.2, 0.25) is 4.80 Å². The largest absolute Gasteiger partial charge is 0.508 e. The Kier molecular flexibility index (Phi) is 4.20. The molecule has 0 amide bonds. The maximum atomic E-state index is 9.24. The zero-order chi connectivity index (χ0) is 15.4. The van der Waals surface area contributed by atoms with Crippen LogP contribution in [-0.4, -0.2) is 15.9 Å². The Morgan fingerprint density at radius 2 is 2.09 bits per heavy atom. The maximum Gasteiger partial charge on any atom is 0.211 e. The van der Waals surface area contributed by atoms with Gasteiger partial charge in [0.15, 0.2) is 0 Å². The van der Waals surface area contributed by atoms with Crippen molar-refractivity contribution in [1.29, 1.82) is 0 Å². The molecule has 0 spiro atoms. The molecule has 6 heteroatoms. The van der Waals surface area contributed by atoms with Crippen LogP contribution in [0.4, 0.5) is 0 Å². The van der Waals surface area contributed by atoms with Crippen LogP contribution in [0.2, 0.25) is 0 Å². The molecule has 2 aromatic heterocycles. The van der Waals surface area contributed by atoms with E-state index in [9.17, 15) is 5.11 Å². The molecule has 0 aliphatic heterocycles. The fourth-order valence-corrected chi connectivity index (χ4v) is 2.78. The topological polar surface area (TPSA) is 63.0 Å². The second-order valence-electron chi connectivity index (χ2n) is 4.76. The third kappa shape index (κ3) is 3.35. The highest BCUT2D eigenvalue weighted by Crippen LogP contribution is 2.08. The number of benzene rings is 1. The van der Waals surface area contributed by atoms with Crippen LogP contribution in [-0.2, 0) is 6.54 Å². The summed E-state index contributed by atoms with van der Waals surface area (Å²) in [6.45, 7) is 2.66. The molecule has 0 saturated carbocycles. The van der Waals surface area contributed by atoms with E-state index in [0.717, 1.165) is 21.8 Å². The van der Waals surface area contributed by atoms with Crippen LogP contribution in [0.3, 0.4) is 0 Å². The number of hydrogen-bond donors (Lipinski definition) is 1. The molecule has 0 bridgehead atoms. The lowest BCUT2D eigenvalue weighted by molar-refractivity contribution is 0.475. The van der Waals surface area contributed by atoms with Gasteiger partial charge in [0.05, 0.1) is 19.0 Å². The highest BCUT2D eigenvalue weighted by atomic mass is 32.1. The fourth-order valence-electron chi connectivity index (χ4n) is 1.95. The molecule has 3 rings (SSSR count). The van der Waals surface area contributed by atoms with E-state index < -0.39 is 0 Å². The smallest absolute Gasteiger partial charge is 0.211 e. The van der Waals surface area contributed by atoms with Crippen molar-refractivity contribution in [2.24, 2.45) is 10.2 Å². The molecule has 0 unspecified atom stereocenters.